The predicted octanol–water partition coefficient (Wildman–Crippen LogP) is 1.41. The fraction of sp³-hybridized carbons (Fsp3) is 0.700. The number of benzene rings is 1. The minimum Gasteiger partial charge on any atom is -0.496 e. The molecule has 2 fully saturated rings. The van der Waals surface area contributed by atoms with Crippen LogP contribution >= 0.6 is 0 Å². The Bertz CT molecular complexity index is 951. The third-order valence-electron chi connectivity index (χ3n) is 6.15. The molecule has 0 spiro atoms. The zero-order valence-corrected chi connectivity index (χ0v) is 19.3. The molecule has 7 nitrogen and oxygen atoms in total. The van der Waals surface area contributed by atoms with Crippen LogP contribution in [0.5, 0.6) is 5.75 Å². The molecule has 0 unspecified atom stereocenters. The molecule has 0 saturated carbocycles. The van der Waals surface area contributed by atoms with Crippen LogP contribution in [0.4, 0.5) is 0 Å². The first-order chi connectivity index (χ1) is 13.5. The summed E-state index contributed by atoms with van der Waals surface area (Å²) >= 11 is 0. The molecule has 2 aliphatic rings. The van der Waals surface area contributed by atoms with Crippen molar-refractivity contribution in [3.63, 3.8) is 0 Å². The van der Waals surface area contributed by atoms with E-state index in [2.05, 4.69) is 24.1 Å². The van der Waals surface area contributed by atoms with Crippen LogP contribution in [0.2, 0.25) is 0 Å². The minimum atomic E-state index is -3.80. The Hall–Kier alpha value is -1.16. The summed E-state index contributed by atoms with van der Waals surface area (Å²) in [4.78, 5) is 2.52. The molecule has 0 amide bonds. The first kappa shape index (κ1) is 22.5. The Kier molecular flexibility index (Phi) is 6.34. The van der Waals surface area contributed by atoms with Gasteiger partial charge in [-0.3, -0.25) is 4.90 Å². The van der Waals surface area contributed by atoms with Crippen molar-refractivity contribution in [3.05, 3.63) is 23.8 Å². The molecule has 2 aliphatic heterocycles. The molecule has 9 heteroatoms. The van der Waals surface area contributed by atoms with Crippen LogP contribution in [0.1, 0.15) is 32.3 Å². The van der Waals surface area contributed by atoms with E-state index in [1.807, 2.05) is 0 Å². The zero-order valence-electron chi connectivity index (χ0n) is 17.6. The average Bonchev–Trinajstić information content (AvgIpc) is 3.28. The van der Waals surface area contributed by atoms with Crippen molar-refractivity contribution >= 4 is 19.7 Å². The van der Waals surface area contributed by atoms with Gasteiger partial charge in [0.1, 0.15) is 5.75 Å². The molecule has 1 N–H and O–H groups in total. The highest BCUT2D eigenvalue weighted by Gasteiger charge is 2.46. The van der Waals surface area contributed by atoms with Gasteiger partial charge in [0.05, 0.1) is 28.8 Å². The number of rotatable bonds is 7. The van der Waals surface area contributed by atoms with Gasteiger partial charge < -0.3 is 10.1 Å². The molecule has 29 heavy (non-hydrogen) atoms. The molecular formula is C20H32N2O5S2. The monoisotopic (exact) mass is 444 g/mol. The molecule has 0 bridgehead atoms. The second kappa shape index (κ2) is 8.17. The first-order valence-corrected chi connectivity index (χ1v) is 13.4. The molecule has 2 heterocycles. The van der Waals surface area contributed by atoms with Crippen LogP contribution in [0.3, 0.4) is 0 Å². The summed E-state index contributed by atoms with van der Waals surface area (Å²) in [7, 11) is -5.70. The molecular weight excluding hydrogens is 412 g/mol. The molecule has 0 radical (unpaired) electrons. The number of hydrogen-bond donors (Lipinski definition) is 1. The van der Waals surface area contributed by atoms with E-state index in [0.29, 0.717) is 17.9 Å². The van der Waals surface area contributed by atoms with Crippen LogP contribution < -0.4 is 10.1 Å². The normalized spacial score (nSPS) is 25.4. The lowest BCUT2D eigenvalue weighted by Crippen LogP contribution is -2.54. The van der Waals surface area contributed by atoms with Gasteiger partial charge in [-0.2, -0.15) is 0 Å². The molecule has 164 valence electrons. The molecule has 0 aliphatic carbocycles. The summed E-state index contributed by atoms with van der Waals surface area (Å²) in [6, 6.07) is 4.06. The summed E-state index contributed by atoms with van der Waals surface area (Å²) < 4.78 is 56.5. The van der Waals surface area contributed by atoms with E-state index in [0.717, 1.165) is 25.9 Å². The topological polar surface area (TPSA) is 92.8 Å². The molecule has 1 aromatic rings. The van der Waals surface area contributed by atoms with Gasteiger partial charge in [-0.1, -0.05) is 0 Å². The van der Waals surface area contributed by atoms with Gasteiger partial charge in [0.25, 0.3) is 0 Å². The van der Waals surface area contributed by atoms with E-state index in [4.69, 9.17) is 4.74 Å². The molecule has 2 saturated heterocycles. The second-order valence-electron chi connectivity index (χ2n) is 8.79. The Morgan fingerprint density at radius 2 is 1.86 bits per heavy atom. The number of nitrogens with zero attached hydrogens (tertiary/aromatic N) is 1. The standard InChI is InChI=1S/C20H32N2O5S2/c1-15-11-16(7-8-18(15)27-4)29(25,26)19-13-28(23,24)12-17(19)21-14-20(2,3)22-9-5-6-10-22/h7-8,11,17,19,21H,5-6,9-10,12-14H2,1-4H3/t17-,19-/m0/s1. The van der Waals surface area contributed by atoms with Gasteiger partial charge in [-0.25, -0.2) is 16.8 Å². The Labute approximate surface area is 174 Å². The quantitative estimate of drug-likeness (QED) is 0.680. The summed E-state index contributed by atoms with van der Waals surface area (Å²) in [5, 5.41) is 2.30. The van der Waals surface area contributed by atoms with Crippen molar-refractivity contribution in [2.45, 2.75) is 55.3 Å². The van der Waals surface area contributed by atoms with Crippen LogP contribution in [-0.2, 0) is 19.7 Å². The highest BCUT2D eigenvalue weighted by Crippen LogP contribution is 2.29. The highest BCUT2D eigenvalue weighted by molar-refractivity contribution is 7.96. The van der Waals surface area contributed by atoms with E-state index in [-0.39, 0.29) is 21.9 Å². The third kappa shape index (κ3) is 4.78. The SMILES string of the molecule is COc1ccc(S(=O)(=O)[C@H]2CS(=O)(=O)C[C@@H]2NCC(C)(C)N2CCCC2)cc1C. The maximum absolute atomic E-state index is 13.3. The maximum Gasteiger partial charge on any atom is 0.183 e. The number of ether oxygens (including phenoxy) is 1. The summed E-state index contributed by atoms with van der Waals surface area (Å²) in [6.07, 6.45) is 2.32. The van der Waals surface area contributed by atoms with Crippen molar-refractivity contribution in [2.75, 3.05) is 38.2 Å². The number of sulfone groups is 2. The first-order valence-electron chi connectivity index (χ1n) is 10.0. The predicted molar refractivity (Wildman–Crippen MR) is 114 cm³/mol. The molecule has 3 rings (SSSR count). The van der Waals surface area contributed by atoms with Crippen molar-refractivity contribution in [3.8, 4) is 5.75 Å². The Balaban J connectivity index is 1.82. The van der Waals surface area contributed by atoms with Gasteiger partial charge in [-0.15, -0.1) is 0 Å². The van der Waals surface area contributed by atoms with Crippen LogP contribution in [-0.4, -0.2) is 76.8 Å². The molecule has 2 atom stereocenters. The smallest absolute Gasteiger partial charge is 0.183 e. The number of methoxy groups -OCH3 is 1. The lowest BCUT2D eigenvalue weighted by molar-refractivity contribution is 0.148. The average molecular weight is 445 g/mol. The van der Waals surface area contributed by atoms with E-state index >= 15 is 0 Å². The van der Waals surface area contributed by atoms with E-state index in [1.54, 1.807) is 19.1 Å². The van der Waals surface area contributed by atoms with Gasteiger partial charge >= 0.3 is 0 Å². The number of nitrogens with one attached hydrogen (secondary N) is 1. The Morgan fingerprint density at radius 3 is 2.45 bits per heavy atom. The van der Waals surface area contributed by atoms with Gasteiger partial charge in [0, 0.05) is 18.1 Å². The van der Waals surface area contributed by atoms with E-state index < -0.39 is 31.0 Å². The number of likely N-dealkylation sites (tertiary alicyclic amines) is 1. The number of aryl methyl sites for hydroxylation is 1. The summed E-state index contributed by atoms with van der Waals surface area (Å²) in [5.41, 5.74) is 0.544. The van der Waals surface area contributed by atoms with Gasteiger partial charge in [0.2, 0.25) is 0 Å². The summed E-state index contributed by atoms with van der Waals surface area (Å²) in [6.45, 7) is 8.59. The van der Waals surface area contributed by atoms with Crippen LogP contribution in [0.25, 0.3) is 0 Å². The molecule has 1 aromatic carbocycles. The van der Waals surface area contributed by atoms with Gasteiger partial charge in [0.15, 0.2) is 19.7 Å². The Morgan fingerprint density at radius 1 is 1.21 bits per heavy atom. The minimum absolute atomic E-state index is 0.142. The highest BCUT2D eigenvalue weighted by atomic mass is 32.2. The fourth-order valence-corrected chi connectivity index (χ4v) is 9.13. The van der Waals surface area contributed by atoms with Crippen molar-refractivity contribution in [2.24, 2.45) is 0 Å². The largest absolute Gasteiger partial charge is 0.496 e. The second-order valence-corrected chi connectivity index (χ2v) is 13.1. The van der Waals surface area contributed by atoms with Crippen LogP contribution in [0, 0.1) is 6.92 Å². The van der Waals surface area contributed by atoms with Crippen molar-refractivity contribution in [1.82, 2.24) is 10.2 Å². The van der Waals surface area contributed by atoms with Crippen LogP contribution in [0.15, 0.2) is 23.1 Å². The third-order valence-corrected chi connectivity index (χ3v) is 10.3. The lowest BCUT2D eigenvalue weighted by atomic mass is 10.0. The van der Waals surface area contributed by atoms with Crippen molar-refractivity contribution in [1.29, 1.82) is 0 Å². The van der Waals surface area contributed by atoms with Crippen molar-refractivity contribution < 1.29 is 21.6 Å². The van der Waals surface area contributed by atoms with Gasteiger partial charge in [-0.05, 0) is 70.5 Å². The molecule has 0 aromatic heterocycles. The maximum atomic E-state index is 13.3. The summed E-state index contributed by atoms with van der Waals surface area (Å²) in [5.74, 6) is 0.106. The fourth-order valence-electron chi connectivity index (χ4n) is 4.33. The lowest BCUT2D eigenvalue weighted by Gasteiger charge is -2.37. The zero-order chi connectivity index (χ0) is 21.4. The number of hydrogen-bond acceptors (Lipinski definition) is 7. The van der Waals surface area contributed by atoms with E-state index in [9.17, 15) is 16.8 Å². The van der Waals surface area contributed by atoms with E-state index in [1.165, 1.54) is 13.2 Å².